The second kappa shape index (κ2) is 6.00. The number of rotatable bonds is 1. The number of nitrogens with one attached hydrogen (secondary N) is 3. The first-order valence-corrected chi connectivity index (χ1v) is 7.94. The quantitative estimate of drug-likeness (QED) is 0.352. The maximum Gasteiger partial charge on any atom is 0.357 e. The number of hydrogen-bond donors (Lipinski definition) is 5. The zero-order valence-electron chi connectivity index (χ0n) is 10.3. The molecule has 0 aliphatic carbocycles. The lowest BCUT2D eigenvalue weighted by Crippen LogP contribution is -2.45. The number of hydroxylamine groups is 1. The molecule has 0 spiro atoms. The summed E-state index contributed by atoms with van der Waals surface area (Å²) in [4.78, 5) is 21.6. The molecule has 22 heavy (non-hydrogen) atoms. The number of halogens is 1. The van der Waals surface area contributed by atoms with Crippen molar-refractivity contribution in [2.45, 2.75) is 9.79 Å². The number of urea groups is 1. The van der Waals surface area contributed by atoms with Gasteiger partial charge in [0.15, 0.2) is 5.17 Å². The third kappa shape index (κ3) is 3.24. The highest BCUT2D eigenvalue weighted by atomic mass is 35.5. The summed E-state index contributed by atoms with van der Waals surface area (Å²) in [5.74, 6) is -1.37. The van der Waals surface area contributed by atoms with Crippen molar-refractivity contribution in [2.24, 2.45) is 4.40 Å². The van der Waals surface area contributed by atoms with Gasteiger partial charge in [-0.1, -0.05) is 11.6 Å². The lowest BCUT2D eigenvalue weighted by Gasteiger charge is -2.17. The van der Waals surface area contributed by atoms with Crippen molar-refractivity contribution in [2.75, 3.05) is 0 Å². The molecule has 1 aliphatic heterocycles. The first-order chi connectivity index (χ1) is 10.2. The highest BCUT2D eigenvalue weighted by Crippen LogP contribution is 2.36. The lowest BCUT2D eigenvalue weighted by molar-refractivity contribution is 0.0696. The smallest absolute Gasteiger partial charge is 0.357 e. The number of thioether (sulfide) groups is 1. The van der Waals surface area contributed by atoms with E-state index < -0.39 is 22.0 Å². The molecule has 5 N–H and O–H groups in total. The third-order valence-corrected chi connectivity index (χ3v) is 5.15. The van der Waals surface area contributed by atoms with Crippen LogP contribution in [-0.4, -0.2) is 35.9 Å². The number of hydrogen-bond acceptors (Lipinski definition) is 7. The molecule has 0 aromatic heterocycles. The number of amidine groups is 1. The number of fused-ring (bicyclic) bond motifs is 1. The normalized spacial score (nSPS) is 15.3. The minimum atomic E-state index is -4.17. The summed E-state index contributed by atoms with van der Waals surface area (Å²) < 4.78 is 27.4. The molecule has 13 heteroatoms. The minimum absolute atomic E-state index is 0.138. The van der Waals surface area contributed by atoms with E-state index in [1.165, 1.54) is 11.5 Å². The van der Waals surface area contributed by atoms with Crippen LogP contribution in [0.5, 0.6) is 0 Å². The molecule has 1 aromatic carbocycles. The van der Waals surface area contributed by atoms with Crippen molar-refractivity contribution in [3.8, 4) is 0 Å². The highest BCUT2D eigenvalue weighted by Gasteiger charge is 2.29. The van der Waals surface area contributed by atoms with Gasteiger partial charge in [-0.2, -0.15) is 8.42 Å². The Bertz CT molecular complexity index is 794. The van der Waals surface area contributed by atoms with E-state index in [2.05, 4.69) is 9.82 Å². The molecule has 1 heterocycles. The fourth-order valence-corrected chi connectivity index (χ4v) is 4.23. The van der Waals surface area contributed by atoms with Gasteiger partial charge in [0.1, 0.15) is 4.90 Å². The van der Waals surface area contributed by atoms with Gasteiger partial charge in [0.05, 0.1) is 10.6 Å². The Hall–Kier alpha value is -2.02. The molecule has 0 bridgehead atoms. The largest absolute Gasteiger partial charge is 0.478 e. The van der Waals surface area contributed by atoms with Crippen LogP contribution in [0.4, 0.5) is 4.79 Å². The molecule has 1 aliphatic rings. The topological polar surface area (TPSA) is 157 Å². The Kier molecular flexibility index (Phi) is 4.46. The molecule has 0 saturated carbocycles. The Morgan fingerprint density at radius 3 is 2.59 bits per heavy atom. The molecule has 0 radical (unpaired) electrons. The number of carboxylic acids is 1. The number of carbonyl (C=O) groups excluding carboxylic acids is 1. The van der Waals surface area contributed by atoms with Crippen molar-refractivity contribution in [3.05, 3.63) is 22.7 Å². The summed E-state index contributed by atoms with van der Waals surface area (Å²) in [7, 11) is -4.17. The van der Waals surface area contributed by atoms with Crippen LogP contribution in [0, 0.1) is 0 Å². The minimum Gasteiger partial charge on any atom is -0.478 e. The molecule has 0 unspecified atom stereocenters. The van der Waals surface area contributed by atoms with Gasteiger partial charge in [-0.25, -0.2) is 20.5 Å². The van der Waals surface area contributed by atoms with E-state index in [1.54, 1.807) is 0 Å². The summed E-state index contributed by atoms with van der Waals surface area (Å²) in [6, 6.07) is 1.05. The number of benzene rings is 1. The zero-order valence-corrected chi connectivity index (χ0v) is 12.7. The van der Waals surface area contributed by atoms with Gasteiger partial charge in [-0.05, 0) is 23.9 Å². The summed E-state index contributed by atoms with van der Waals surface area (Å²) in [6.45, 7) is 0. The van der Waals surface area contributed by atoms with E-state index in [0.717, 1.165) is 17.8 Å². The number of carbonyl (C=O) groups is 2. The number of amides is 2. The molecular weight excluding hydrogens is 360 g/mol. The van der Waals surface area contributed by atoms with Gasteiger partial charge in [-0.3, -0.25) is 10.6 Å². The van der Waals surface area contributed by atoms with E-state index in [9.17, 15) is 18.0 Å². The van der Waals surface area contributed by atoms with Gasteiger partial charge >= 0.3 is 12.0 Å². The van der Waals surface area contributed by atoms with Crippen LogP contribution >= 0.6 is 23.4 Å². The number of sulfonamides is 1. The van der Waals surface area contributed by atoms with Crippen molar-refractivity contribution >= 4 is 50.6 Å². The van der Waals surface area contributed by atoms with Crippen LogP contribution in [0.1, 0.15) is 10.4 Å². The Morgan fingerprint density at radius 2 is 2.00 bits per heavy atom. The van der Waals surface area contributed by atoms with Crippen molar-refractivity contribution < 1.29 is 28.3 Å². The standard InChI is InChI=1S/C9H7ClN4O6S2/c10-4-2-5-6(1-3(4)7(15)16)22(19,20)14-9(21-5)12-11-8(17)13-18/h1-2,18H,(H,12,14)(H,15,16)(H2,11,13,17). The van der Waals surface area contributed by atoms with E-state index in [1.807, 2.05) is 5.43 Å². The molecule has 0 atom stereocenters. The fourth-order valence-electron chi connectivity index (χ4n) is 1.45. The molecule has 0 fully saturated rings. The Morgan fingerprint density at radius 1 is 1.32 bits per heavy atom. The number of hydrazine groups is 1. The van der Waals surface area contributed by atoms with Crippen LogP contribution in [0.15, 0.2) is 26.3 Å². The monoisotopic (exact) mass is 366 g/mol. The molecule has 10 nitrogen and oxygen atoms in total. The van der Waals surface area contributed by atoms with E-state index in [0.29, 0.717) is 0 Å². The van der Waals surface area contributed by atoms with Crippen molar-refractivity contribution in [3.63, 3.8) is 0 Å². The number of carboxylic acid groups (broad SMARTS) is 1. The lowest BCUT2D eigenvalue weighted by atomic mass is 10.2. The SMILES string of the molecule is O=C(NO)NNC1=NS(=O)(=O)c2cc(C(=O)O)c(Cl)cc2S1. The van der Waals surface area contributed by atoms with Gasteiger partial charge < -0.3 is 5.11 Å². The second-order valence-electron chi connectivity index (χ2n) is 3.75. The van der Waals surface area contributed by atoms with E-state index >= 15 is 0 Å². The first-order valence-electron chi connectivity index (χ1n) is 5.30. The fraction of sp³-hybridized carbons (Fsp3) is 0. The molecule has 0 saturated heterocycles. The highest BCUT2D eigenvalue weighted by molar-refractivity contribution is 8.15. The molecule has 118 valence electrons. The zero-order chi connectivity index (χ0) is 16.5. The van der Waals surface area contributed by atoms with E-state index in [-0.39, 0.29) is 25.5 Å². The molecule has 2 amide bonds. The maximum atomic E-state index is 12.0. The maximum absolute atomic E-state index is 12.0. The Balaban J connectivity index is 2.39. The van der Waals surface area contributed by atoms with Crippen LogP contribution in [-0.2, 0) is 10.0 Å². The van der Waals surface area contributed by atoms with Crippen molar-refractivity contribution in [1.29, 1.82) is 0 Å². The molecule has 1 aromatic rings. The molecular formula is C9H7ClN4O6S2. The average Bonchev–Trinajstić information content (AvgIpc) is 2.42. The first kappa shape index (κ1) is 16.4. The van der Waals surface area contributed by atoms with Crippen LogP contribution < -0.4 is 16.3 Å². The van der Waals surface area contributed by atoms with Gasteiger partial charge in [0, 0.05) is 4.90 Å². The predicted octanol–water partition coefficient (Wildman–Crippen LogP) is 0.382. The number of aromatic carboxylic acids is 1. The number of nitrogens with zero attached hydrogens (tertiary/aromatic N) is 1. The van der Waals surface area contributed by atoms with Gasteiger partial charge in [0.25, 0.3) is 10.0 Å². The van der Waals surface area contributed by atoms with Crippen molar-refractivity contribution in [1.82, 2.24) is 16.3 Å². The van der Waals surface area contributed by atoms with Crippen LogP contribution in [0.25, 0.3) is 0 Å². The van der Waals surface area contributed by atoms with Crippen LogP contribution in [0.3, 0.4) is 0 Å². The average molecular weight is 367 g/mol. The third-order valence-electron chi connectivity index (χ3n) is 2.34. The predicted molar refractivity (Wildman–Crippen MR) is 75.5 cm³/mol. The summed E-state index contributed by atoms with van der Waals surface area (Å²) in [6.07, 6.45) is 0. The summed E-state index contributed by atoms with van der Waals surface area (Å²) >= 11 is 6.59. The summed E-state index contributed by atoms with van der Waals surface area (Å²) in [5, 5.41) is 16.9. The molecule has 2 rings (SSSR count). The van der Waals surface area contributed by atoms with E-state index in [4.69, 9.17) is 21.9 Å². The second-order valence-corrected chi connectivity index (χ2v) is 6.76. The Labute approximate surface area is 132 Å². The van der Waals surface area contributed by atoms with Crippen LogP contribution in [0.2, 0.25) is 5.02 Å². The summed E-state index contributed by atoms with van der Waals surface area (Å²) in [5.41, 5.74) is 4.99. The van der Waals surface area contributed by atoms with Gasteiger partial charge in [0.2, 0.25) is 0 Å². The van der Waals surface area contributed by atoms with Gasteiger partial charge in [-0.15, -0.1) is 4.40 Å².